The molecule has 0 N–H and O–H groups in total. The summed E-state index contributed by atoms with van der Waals surface area (Å²) in [5.74, 6) is 0.403. The van der Waals surface area contributed by atoms with Crippen LogP contribution in [0.4, 0.5) is 5.69 Å². The van der Waals surface area contributed by atoms with Crippen LogP contribution in [0.25, 0.3) is 0 Å². The van der Waals surface area contributed by atoms with Crippen molar-refractivity contribution in [3.05, 3.63) is 68.2 Å². The summed E-state index contributed by atoms with van der Waals surface area (Å²) < 4.78 is 6.12. The average molecular weight is 336 g/mol. The minimum Gasteiger partial charge on any atom is -0.488 e. The average Bonchev–Trinajstić information content (AvgIpc) is 2.46. The van der Waals surface area contributed by atoms with Crippen molar-refractivity contribution in [2.45, 2.75) is 6.61 Å². The van der Waals surface area contributed by atoms with Gasteiger partial charge in [0, 0.05) is 10.5 Å². The van der Waals surface area contributed by atoms with Crippen molar-refractivity contribution in [2.24, 2.45) is 0 Å². The second-order valence-corrected chi connectivity index (χ2v) is 4.89. The topological polar surface area (TPSA) is 69.4 Å². The van der Waals surface area contributed by atoms with Crippen molar-refractivity contribution in [3.63, 3.8) is 0 Å². The predicted molar refractivity (Wildman–Crippen MR) is 77.0 cm³/mol. The highest BCUT2D eigenvalue weighted by Crippen LogP contribution is 2.25. The molecule has 0 aliphatic heterocycles. The van der Waals surface area contributed by atoms with Gasteiger partial charge in [-0.3, -0.25) is 14.9 Å². The van der Waals surface area contributed by atoms with E-state index in [1.165, 1.54) is 6.07 Å². The van der Waals surface area contributed by atoms with E-state index in [1.807, 2.05) is 0 Å². The number of benzene rings is 2. The van der Waals surface area contributed by atoms with Crippen LogP contribution >= 0.6 is 15.9 Å². The van der Waals surface area contributed by atoms with E-state index in [-0.39, 0.29) is 12.3 Å². The minimum absolute atomic E-state index is 0.0223. The van der Waals surface area contributed by atoms with Gasteiger partial charge in [0.25, 0.3) is 5.69 Å². The largest absolute Gasteiger partial charge is 0.488 e. The molecule has 0 heterocycles. The molecule has 6 heteroatoms. The Morgan fingerprint density at radius 1 is 1.25 bits per heavy atom. The van der Waals surface area contributed by atoms with Crippen LogP contribution in [0.3, 0.4) is 0 Å². The van der Waals surface area contributed by atoms with Crippen LogP contribution in [0.5, 0.6) is 5.75 Å². The van der Waals surface area contributed by atoms with Crippen LogP contribution in [0.2, 0.25) is 0 Å². The Kier molecular flexibility index (Phi) is 4.47. The number of ether oxygens (including phenoxy) is 1. The molecule has 0 bridgehead atoms. The Morgan fingerprint density at radius 3 is 2.70 bits per heavy atom. The third-order valence-corrected chi connectivity index (χ3v) is 3.17. The monoisotopic (exact) mass is 335 g/mol. The number of carbonyl (C=O) groups is 1. The van der Waals surface area contributed by atoms with Crippen LogP contribution in [0, 0.1) is 10.1 Å². The zero-order chi connectivity index (χ0) is 14.5. The molecule has 2 rings (SSSR count). The normalized spacial score (nSPS) is 10.1. The van der Waals surface area contributed by atoms with Gasteiger partial charge in [-0.1, -0.05) is 28.1 Å². The lowest BCUT2D eigenvalue weighted by atomic mass is 10.2. The molecule has 2 aromatic rings. The molecule has 0 amide bonds. The number of carbonyl (C=O) groups excluding carboxylic acids is 1. The van der Waals surface area contributed by atoms with Crippen molar-refractivity contribution >= 4 is 27.9 Å². The molecule has 0 atom stereocenters. The Hall–Kier alpha value is -2.21. The van der Waals surface area contributed by atoms with Crippen molar-refractivity contribution in [1.82, 2.24) is 0 Å². The number of nitro benzene ring substituents is 1. The summed E-state index contributed by atoms with van der Waals surface area (Å²) in [5.41, 5.74) is 0.828. The van der Waals surface area contributed by atoms with E-state index in [0.29, 0.717) is 27.6 Å². The first-order valence-corrected chi connectivity index (χ1v) is 6.51. The van der Waals surface area contributed by atoms with Gasteiger partial charge in [0.05, 0.1) is 16.1 Å². The number of rotatable bonds is 5. The number of halogens is 1. The molecule has 0 radical (unpaired) electrons. The van der Waals surface area contributed by atoms with Crippen molar-refractivity contribution < 1.29 is 14.5 Å². The van der Waals surface area contributed by atoms with E-state index in [0.717, 1.165) is 0 Å². The standard InChI is InChI=1S/C14H10BrNO4/c15-12-6-5-11(13(7-12)16(18)19)9-20-14-4-2-1-3-10(14)8-17/h1-8H,9H2. The lowest BCUT2D eigenvalue weighted by Gasteiger charge is -2.08. The number of nitrogens with zero attached hydrogens (tertiary/aromatic N) is 1. The van der Waals surface area contributed by atoms with Crippen LogP contribution in [-0.4, -0.2) is 11.2 Å². The third kappa shape index (κ3) is 3.21. The number of para-hydroxylation sites is 1. The van der Waals surface area contributed by atoms with Crippen LogP contribution < -0.4 is 4.74 Å². The van der Waals surface area contributed by atoms with Gasteiger partial charge >= 0.3 is 0 Å². The minimum atomic E-state index is -0.463. The molecule has 20 heavy (non-hydrogen) atoms. The molecule has 0 saturated carbocycles. The zero-order valence-corrected chi connectivity index (χ0v) is 11.9. The molecular formula is C14H10BrNO4. The van der Waals surface area contributed by atoms with E-state index >= 15 is 0 Å². The Balaban J connectivity index is 2.23. The van der Waals surface area contributed by atoms with Crippen molar-refractivity contribution in [2.75, 3.05) is 0 Å². The third-order valence-electron chi connectivity index (χ3n) is 2.67. The molecule has 102 valence electrons. The molecule has 0 aromatic heterocycles. The highest BCUT2D eigenvalue weighted by atomic mass is 79.9. The quantitative estimate of drug-likeness (QED) is 0.474. The summed E-state index contributed by atoms with van der Waals surface area (Å²) in [5, 5.41) is 11.0. The maximum absolute atomic E-state index is 11.0. The second kappa shape index (κ2) is 6.29. The summed E-state index contributed by atoms with van der Waals surface area (Å²) in [6, 6.07) is 11.5. The molecule has 0 aliphatic rings. The van der Waals surface area contributed by atoms with E-state index < -0.39 is 4.92 Å². The predicted octanol–water partition coefficient (Wildman–Crippen LogP) is 3.75. The molecule has 2 aromatic carbocycles. The maximum atomic E-state index is 11.0. The SMILES string of the molecule is O=Cc1ccccc1OCc1ccc(Br)cc1[N+](=O)[O-]. The number of nitro groups is 1. The first-order chi connectivity index (χ1) is 9.61. The van der Waals surface area contributed by atoms with Gasteiger partial charge in [-0.25, -0.2) is 0 Å². The van der Waals surface area contributed by atoms with Crippen LogP contribution in [0.1, 0.15) is 15.9 Å². The van der Waals surface area contributed by atoms with Gasteiger partial charge < -0.3 is 4.74 Å². The fourth-order valence-electron chi connectivity index (χ4n) is 1.69. The molecule has 0 aliphatic carbocycles. The molecule has 5 nitrogen and oxygen atoms in total. The Bertz CT molecular complexity index is 657. The van der Waals surface area contributed by atoms with Gasteiger partial charge in [0.1, 0.15) is 12.4 Å². The summed E-state index contributed by atoms with van der Waals surface area (Å²) in [4.78, 5) is 21.4. The molecular weight excluding hydrogens is 326 g/mol. The van der Waals surface area contributed by atoms with E-state index in [9.17, 15) is 14.9 Å². The van der Waals surface area contributed by atoms with Crippen LogP contribution in [0.15, 0.2) is 46.9 Å². The summed E-state index contributed by atoms with van der Waals surface area (Å²) in [6.07, 6.45) is 0.686. The number of hydrogen-bond acceptors (Lipinski definition) is 4. The van der Waals surface area contributed by atoms with Gasteiger partial charge in [-0.2, -0.15) is 0 Å². The van der Waals surface area contributed by atoms with Crippen molar-refractivity contribution in [3.8, 4) is 5.75 Å². The fraction of sp³-hybridized carbons (Fsp3) is 0.0714. The molecule has 0 spiro atoms. The lowest BCUT2D eigenvalue weighted by Crippen LogP contribution is -2.02. The smallest absolute Gasteiger partial charge is 0.277 e. The maximum Gasteiger partial charge on any atom is 0.277 e. The first kappa shape index (κ1) is 14.2. The first-order valence-electron chi connectivity index (χ1n) is 5.71. The highest BCUT2D eigenvalue weighted by molar-refractivity contribution is 9.10. The van der Waals surface area contributed by atoms with Gasteiger partial charge in [-0.15, -0.1) is 0 Å². The summed E-state index contributed by atoms with van der Waals surface area (Å²) in [7, 11) is 0. The van der Waals surface area contributed by atoms with Crippen molar-refractivity contribution in [1.29, 1.82) is 0 Å². The number of aldehydes is 1. The summed E-state index contributed by atoms with van der Waals surface area (Å²) in [6.45, 7) is 0.0223. The van der Waals surface area contributed by atoms with E-state index in [2.05, 4.69) is 15.9 Å². The lowest BCUT2D eigenvalue weighted by molar-refractivity contribution is -0.385. The fourth-order valence-corrected chi connectivity index (χ4v) is 2.04. The molecule has 0 unspecified atom stereocenters. The Morgan fingerprint density at radius 2 is 2.00 bits per heavy atom. The van der Waals surface area contributed by atoms with Gasteiger partial charge in [-0.05, 0) is 24.3 Å². The number of hydrogen-bond donors (Lipinski definition) is 0. The van der Waals surface area contributed by atoms with E-state index in [4.69, 9.17) is 4.74 Å². The zero-order valence-electron chi connectivity index (χ0n) is 10.3. The van der Waals surface area contributed by atoms with Crippen LogP contribution in [-0.2, 0) is 6.61 Å². The Labute approximate surface area is 123 Å². The molecule has 0 saturated heterocycles. The van der Waals surface area contributed by atoms with Gasteiger partial charge in [0.15, 0.2) is 6.29 Å². The second-order valence-electron chi connectivity index (χ2n) is 3.97. The van der Waals surface area contributed by atoms with E-state index in [1.54, 1.807) is 36.4 Å². The molecule has 0 fully saturated rings. The highest BCUT2D eigenvalue weighted by Gasteiger charge is 2.15. The summed E-state index contributed by atoms with van der Waals surface area (Å²) >= 11 is 3.19. The van der Waals surface area contributed by atoms with Gasteiger partial charge in [0.2, 0.25) is 0 Å².